The van der Waals surface area contributed by atoms with E-state index in [2.05, 4.69) is 10.1 Å². The van der Waals surface area contributed by atoms with Crippen LogP contribution in [0.3, 0.4) is 0 Å². The van der Waals surface area contributed by atoms with Gasteiger partial charge < -0.3 is 14.8 Å². The zero-order valence-corrected chi connectivity index (χ0v) is 9.42. The van der Waals surface area contributed by atoms with Gasteiger partial charge in [0.1, 0.15) is 11.8 Å². The molecule has 2 rings (SSSR count). The molecule has 1 aromatic rings. The van der Waals surface area contributed by atoms with E-state index in [0.717, 1.165) is 0 Å². The minimum atomic E-state index is -0.899. The molecule has 6 heteroatoms. The molecule has 0 bridgehead atoms. The highest BCUT2D eigenvalue weighted by molar-refractivity contribution is 5.99. The molecule has 1 aliphatic heterocycles. The second-order valence-electron chi connectivity index (χ2n) is 3.72. The average molecular weight is 249 g/mol. The third kappa shape index (κ3) is 3.07. The maximum Gasteiger partial charge on any atom is 0.336 e. The fraction of sp³-hybridized carbons (Fsp3) is 0.250. The molecule has 0 radical (unpaired) electrons. The molecule has 0 spiro atoms. The highest BCUT2D eigenvalue weighted by Crippen LogP contribution is 2.09. The van der Waals surface area contributed by atoms with Crippen LogP contribution in [0.2, 0.25) is 0 Å². The molecule has 0 aromatic heterocycles. The van der Waals surface area contributed by atoms with Crippen molar-refractivity contribution in [1.82, 2.24) is 5.32 Å². The summed E-state index contributed by atoms with van der Waals surface area (Å²) in [6.45, 7) is -0.220. The first kappa shape index (κ1) is 12.1. The Morgan fingerprint density at radius 1 is 1.33 bits per heavy atom. The van der Waals surface area contributed by atoms with Crippen molar-refractivity contribution >= 4 is 17.8 Å². The van der Waals surface area contributed by atoms with Gasteiger partial charge in [-0.15, -0.1) is 0 Å². The zero-order chi connectivity index (χ0) is 13.0. The van der Waals surface area contributed by atoms with Crippen LogP contribution in [0.25, 0.3) is 0 Å². The number of hydrogen-bond acceptors (Lipinski definition) is 5. The van der Waals surface area contributed by atoms with Crippen molar-refractivity contribution in [3.05, 3.63) is 30.3 Å². The van der Waals surface area contributed by atoms with E-state index in [1.54, 1.807) is 24.3 Å². The molecule has 1 amide bonds. The number of carbonyl (C=O) groups is 3. The van der Waals surface area contributed by atoms with E-state index in [4.69, 9.17) is 4.74 Å². The molecule has 18 heavy (non-hydrogen) atoms. The fourth-order valence-electron chi connectivity index (χ4n) is 1.49. The first-order valence-corrected chi connectivity index (χ1v) is 5.37. The Bertz CT molecular complexity index is 471. The minimum absolute atomic E-state index is 0.129. The van der Waals surface area contributed by atoms with Crippen molar-refractivity contribution in [1.29, 1.82) is 0 Å². The van der Waals surface area contributed by atoms with Gasteiger partial charge in [0.05, 0.1) is 6.42 Å². The Balaban J connectivity index is 1.79. The van der Waals surface area contributed by atoms with Gasteiger partial charge in [-0.3, -0.25) is 9.59 Å². The number of amides is 1. The average Bonchev–Trinajstić information content (AvgIpc) is 2.67. The summed E-state index contributed by atoms with van der Waals surface area (Å²) in [7, 11) is 0. The quantitative estimate of drug-likeness (QED) is 0.601. The lowest BCUT2D eigenvalue weighted by atomic mass is 10.2. The number of benzene rings is 1. The highest BCUT2D eigenvalue weighted by Gasteiger charge is 2.34. The van der Waals surface area contributed by atoms with Crippen LogP contribution < -0.4 is 10.1 Å². The summed E-state index contributed by atoms with van der Waals surface area (Å²) in [6.07, 6.45) is -0.129. The smallest absolute Gasteiger partial charge is 0.336 e. The summed E-state index contributed by atoms with van der Waals surface area (Å²) in [6, 6.07) is 7.90. The van der Waals surface area contributed by atoms with Crippen LogP contribution in [0.1, 0.15) is 6.42 Å². The third-order valence-electron chi connectivity index (χ3n) is 2.32. The second kappa shape index (κ2) is 5.31. The number of para-hydroxylation sites is 1. The van der Waals surface area contributed by atoms with Crippen molar-refractivity contribution in [3.8, 4) is 5.75 Å². The van der Waals surface area contributed by atoms with E-state index < -0.39 is 23.9 Å². The fourth-order valence-corrected chi connectivity index (χ4v) is 1.49. The first-order valence-electron chi connectivity index (χ1n) is 5.37. The van der Waals surface area contributed by atoms with Crippen molar-refractivity contribution in [2.75, 3.05) is 6.61 Å². The number of cyclic esters (lactones) is 2. The van der Waals surface area contributed by atoms with Crippen molar-refractivity contribution < 1.29 is 23.9 Å². The molecule has 6 nitrogen and oxygen atoms in total. The van der Waals surface area contributed by atoms with Crippen LogP contribution in [0.15, 0.2) is 30.3 Å². The van der Waals surface area contributed by atoms with Gasteiger partial charge in [-0.2, -0.15) is 0 Å². The maximum atomic E-state index is 11.5. The molecule has 1 saturated heterocycles. The summed E-state index contributed by atoms with van der Waals surface area (Å²) < 4.78 is 9.50. The minimum Gasteiger partial charge on any atom is -0.484 e. The SMILES string of the molecule is O=C(COc1ccccc1)N[C@H]1CC(=O)OC1=O. The van der Waals surface area contributed by atoms with Gasteiger partial charge >= 0.3 is 11.9 Å². The highest BCUT2D eigenvalue weighted by atomic mass is 16.6. The summed E-state index contributed by atoms with van der Waals surface area (Å²) in [4.78, 5) is 33.4. The molecule has 1 fully saturated rings. The van der Waals surface area contributed by atoms with Crippen LogP contribution in [-0.4, -0.2) is 30.5 Å². The van der Waals surface area contributed by atoms with Crippen LogP contribution in [0.5, 0.6) is 5.75 Å². The van der Waals surface area contributed by atoms with Crippen LogP contribution >= 0.6 is 0 Å². The van der Waals surface area contributed by atoms with E-state index in [0.29, 0.717) is 5.75 Å². The summed E-state index contributed by atoms with van der Waals surface area (Å²) in [5.41, 5.74) is 0. The Morgan fingerprint density at radius 3 is 2.67 bits per heavy atom. The van der Waals surface area contributed by atoms with E-state index in [-0.39, 0.29) is 13.0 Å². The maximum absolute atomic E-state index is 11.5. The molecule has 1 N–H and O–H groups in total. The number of esters is 2. The van der Waals surface area contributed by atoms with Gasteiger partial charge in [0.15, 0.2) is 6.61 Å². The number of nitrogens with one attached hydrogen (secondary N) is 1. The second-order valence-corrected chi connectivity index (χ2v) is 3.72. The Hall–Kier alpha value is -2.37. The molecule has 94 valence electrons. The van der Waals surface area contributed by atoms with E-state index in [9.17, 15) is 14.4 Å². The van der Waals surface area contributed by atoms with Gasteiger partial charge in [0.25, 0.3) is 5.91 Å². The van der Waals surface area contributed by atoms with Crippen LogP contribution in [0.4, 0.5) is 0 Å². The molecule has 1 aliphatic rings. The molecule has 1 atom stereocenters. The summed E-state index contributed by atoms with van der Waals surface area (Å²) in [5.74, 6) is -1.28. The molecule has 0 unspecified atom stereocenters. The van der Waals surface area contributed by atoms with Gasteiger partial charge in [-0.1, -0.05) is 18.2 Å². The van der Waals surface area contributed by atoms with E-state index in [1.165, 1.54) is 0 Å². The Labute approximate surface area is 103 Å². The first-order chi connectivity index (χ1) is 8.65. The number of rotatable bonds is 4. The molecule has 0 aliphatic carbocycles. The molecular weight excluding hydrogens is 238 g/mol. The van der Waals surface area contributed by atoms with Crippen molar-refractivity contribution in [3.63, 3.8) is 0 Å². The molecule has 1 heterocycles. The monoisotopic (exact) mass is 249 g/mol. The van der Waals surface area contributed by atoms with Crippen LogP contribution in [-0.2, 0) is 19.1 Å². The van der Waals surface area contributed by atoms with Crippen LogP contribution in [0, 0.1) is 0 Å². The number of carbonyl (C=O) groups excluding carboxylic acids is 3. The predicted octanol–water partition coefficient (Wildman–Crippen LogP) is 0.0237. The van der Waals surface area contributed by atoms with Gasteiger partial charge in [0.2, 0.25) is 0 Å². The number of hydrogen-bond donors (Lipinski definition) is 1. The molecule has 1 aromatic carbocycles. The number of ether oxygens (including phenoxy) is 2. The van der Waals surface area contributed by atoms with Crippen molar-refractivity contribution in [2.24, 2.45) is 0 Å². The topological polar surface area (TPSA) is 81.7 Å². The largest absolute Gasteiger partial charge is 0.484 e. The lowest BCUT2D eigenvalue weighted by Crippen LogP contribution is -2.40. The zero-order valence-electron chi connectivity index (χ0n) is 9.42. The Kier molecular flexibility index (Phi) is 3.57. The van der Waals surface area contributed by atoms with E-state index >= 15 is 0 Å². The Morgan fingerprint density at radius 2 is 2.06 bits per heavy atom. The normalized spacial score (nSPS) is 18.3. The lowest BCUT2D eigenvalue weighted by molar-refractivity contribution is -0.153. The van der Waals surface area contributed by atoms with Gasteiger partial charge in [0, 0.05) is 0 Å². The summed E-state index contributed by atoms with van der Waals surface area (Å²) in [5, 5.41) is 2.37. The third-order valence-corrected chi connectivity index (χ3v) is 2.32. The summed E-state index contributed by atoms with van der Waals surface area (Å²) >= 11 is 0. The van der Waals surface area contributed by atoms with E-state index in [1.807, 2.05) is 6.07 Å². The van der Waals surface area contributed by atoms with Gasteiger partial charge in [-0.25, -0.2) is 4.79 Å². The predicted molar refractivity (Wildman–Crippen MR) is 59.6 cm³/mol. The molecule has 0 saturated carbocycles. The van der Waals surface area contributed by atoms with Crippen molar-refractivity contribution in [2.45, 2.75) is 12.5 Å². The lowest BCUT2D eigenvalue weighted by Gasteiger charge is -2.09. The standard InChI is InChI=1S/C12H11NO5/c14-10(7-17-8-4-2-1-3-5-8)13-9-6-11(15)18-12(9)16/h1-5,9H,6-7H2,(H,13,14)/t9-/m0/s1. The van der Waals surface area contributed by atoms with Gasteiger partial charge in [-0.05, 0) is 12.1 Å². The molecular formula is C12H11NO5.